The Labute approximate surface area is 257 Å². The minimum atomic E-state index is -1.62. The molecule has 1 heterocycles. The molecule has 0 saturated carbocycles. The Hall–Kier alpha value is -2.82. The SMILES string of the molecule is CCC=CCC=CCC=CCC=CCC=CCC=CCCC(=O)N[C@@H](CC(C)C)C(=O)NC1[C@H](O)OC(CO)[C@@H](O)[C@H]1O. The molecule has 0 aliphatic carbocycles. The van der Waals surface area contributed by atoms with E-state index in [-0.39, 0.29) is 18.2 Å². The van der Waals surface area contributed by atoms with Gasteiger partial charge in [-0.3, -0.25) is 9.59 Å². The zero-order valence-electron chi connectivity index (χ0n) is 26.1. The summed E-state index contributed by atoms with van der Waals surface area (Å²) in [6, 6.07) is -2.19. The molecule has 1 aliphatic heterocycles. The van der Waals surface area contributed by atoms with Crippen molar-refractivity contribution in [3.8, 4) is 0 Å². The summed E-state index contributed by atoms with van der Waals surface area (Å²) < 4.78 is 5.09. The molecule has 9 nitrogen and oxygen atoms in total. The molecule has 1 aliphatic rings. The predicted molar refractivity (Wildman–Crippen MR) is 171 cm³/mol. The summed E-state index contributed by atoms with van der Waals surface area (Å²) >= 11 is 0. The second-order valence-corrected chi connectivity index (χ2v) is 11.0. The first-order valence-corrected chi connectivity index (χ1v) is 15.5. The number of hydrogen-bond donors (Lipinski definition) is 6. The van der Waals surface area contributed by atoms with E-state index in [0.29, 0.717) is 12.8 Å². The number of nitrogens with one attached hydrogen (secondary N) is 2. The maximum absolute atomic E-state index is 12.9. The van der Waals surface area contributed by atoms with Crippen molar-refractivity contribution < 1.29 is 34.8 Å². The molecule has 242 valence electrons. The van der Waals surface area contributed by atoms with Crippen molar-refractivity contribution in [1.82, 2.24) is 10.6 Å². The monoisotopic (exact) mass is 602 g/mol. The molecule has 6 atom stereocenters. The minimum absolute atomic E-state index is 0.0845. The van der Waals surface area contributed by atoms with Gasteiger partial charge in [0.25, 0.3) is 0 Å². The summed E-state index contributed by atoms with van der Waals surface area (Å²) in [5.41, 5.74) is 0. The number of rotatable bonds is 20. The van der Waals surface area contributed by atoms with Gasteiger partial charge in [-0.05, 0) is 57.3 Å². The molecule has 0 spiro atoms. The van der Waals surface area contributed by atoms with Crippen LogP contribution < -0.4 is 10.6 Å². The normalized spacial score (nSPS) is 24.0. The minimum Gasteiger partial charge on any atom is -0.394 e. The van der Waals surface area contributed by atoms with Crippen molar-refractivity contribution >= 4 is 11.8 Å². The number of carbonyl (C=O) groups excluding carboxylic acids is 2. The van der Waals surface area contributed by atoms with Gasteiger partial charge < -0.3 is 35.8 Å². The molecule has 6 N–H and O–H groups in total. The molecule has 0 bridgehead atoms. The van der Waals surface area contributed by atoms with Crippen LogP contribution in [0.25, 0.3) is 0 Å². The topological polar surface area (TPSA) is 148 Å². The molecular weight excluding hydrogens is 548 g/mol. The van der Waals surface area contributed by atoms with Gasteiger partial charge in [-0.25, -0.2) is 0 Å². The molecule has 43 heavy (non-hydrogen) atoms. The summed E-state index contributed by atoms with van der Waals surface area (Å²) in [5, 5.41) is 45.0. The average Bonchev–Trinajstić information content (AvgIpc) is 2.97. The number of aliphatic hydroxyl groups is 4. The van der Waals surface area contributed by atoms with Gasteiger partial charge in [0.2, 0.25) is 11.8 Å². The van der Waals surface area contributed by atoms with Crippen LogP contribution >= 0.6 is 0 Å². The van der Waals surface area contributed by atoms with Crippen LogP contribution in [0.1, 0.15) is 78.6 Å². The van der Waals surface area contributed by atoms with Gasteiger partial charge in [-0.1, -0.05) is 93.7 Å². The van der Waals surface area contributed by atoms with E-state index in [1.54, 1.807) is 0 Å². The second-order valence-electron chi connectivity index (χ2n) is 11.0. The van der Waals surface area contributed by atoms with Crippen molar-refractivity contribution in [2.45, 2.75) is 115 Å². The Bertz CT molecular complexity index is 954. The van der Waals surface area contributed by atoms with E-state index >= 15 is 0 Å². The van der Waals surface area contributed by atoms with Gasteiger partial charge in [-0.15, -0.1) is 0 Å². The van der Waals surface area contributed by atoms with Crippen LogP contribution in [0.15, 0.2) is 72.9 Å². The summed E-state index contributed by atoms with van der Waals surface area (Å²) in [6.45, 7) is 5.35. The molecule has 2 unspecified atom stereocenters. The molecule has 0 aromatic heterocycles. The predicted octanol–water partition coefficient (Wildman–Crippen LogP) is 3.91. The van der Waals surface area contributed by atoms with E-state index in [2.05, 4.69) is 78.3 Å². The number of hydrogen-bond acceptors (Lipinski definition) is 7. The van der Waals surface area contributed by atoms with Crippen LogP contribution in [0.4, 0.5) is 0 Å². The Kier molecular flexibility index (Phi) is 21.0. The van der Waals surface area contributed by atoms with Crippen LogP contribution in [0, 0.1) is 5.92 Å². The molecular formula is C34H54N2O7. The highest BCUT2D eigenvalue weighted by Crippen LogP contribution is 2.20. The highest BCUT2D eigenvalue weighted by atomic mass is 16.6. The zero-order chi connectivity index (χ0) is 31.9. The van der Waals surface area contributed by atoms with Crippen LogP contribution in [0.5, 0.6) is 0 Å². The van der Waals surface area contributed by atoms with E-state index in [4.69, 9.17) is 4.74 Å². The third-order valence-electron chi connectivity index (χ3n) is 6.70. The Morgan fingerprint density at radius 3 is 1.72 bits per heavy atom. The summed E-state index contributed by atoms with van der Waals surface area (Å²) in [7, 11) is 0. The lowest BCUT2D eigenvalue weighted by Crippen LogP contribution is -2.65. The molecule has 0 aromatic carbocycles. The van der Waals surface area contributed by atoms with Gasteiger partial charge in [0, 0.05) is 6.42 Å². The summed E-state index contributed by atoms with van der Waals surface area (Å²) in [6.07, 6.45) is 26.3. The van der Waals surface area contributed by atoms with Crippen LogP contribution in [-0.2, 0) is 14.3 Å². The fourth-order valence-corrected chi connectivity index (χ4v) is 4.34. The molecule has 1 rings (SSSR count). The molecule has 1 fully saturated rings. The van der Waals surface area contributed by atoms with Crippen LogP contribution in [0.3, 0.4) is 0 Å². The van der Waals surface area contributed by atoms with Gasteiger partial charge in [0.1, 0.15) is 30.4 Å². The van der Waals surface area contributed by atoms with Crippen LogP contribution in [0.2, 0.25) is 0 Å². The molecule has 9 heteroatoms. The van der Waals surface area contributed by atoms with Crippen LogP contribution in [-0.4, -0.2) is 75.5 Å². The highest BCUT2D eigenvalue weighted by Gasteiger charge is 2.44. The fourth-order valence-electron chi connectivity index (χ4n) is 4.34. The lowest BCUT2D eigenvalue weighted by Gasteiger charge is -2.40. The van der Waals surface area contributed by atoms with Crippen molar-refractivity contribution in [1.29, 1.82) is 0 Å². The summed E-state index contributed by atoms with van der Waals surface area (Å²) in [4.78, 5) is 25.4. The second kappa shape index (κ2) is 23.6. The number of aliphatic hydroxyl groups excluding tert-OH is 4. The maximum Gasteiger partial charge on any atom is 0.243 e. The van der Waals surface area contributed by atoms with E-state index < -0.39 is 49.2 Å². The molecule has 2 amide bonds. The first-order valence-electron chi connectivity index (χ1n) is 15.5. The van der Waals surface area contributed by atoms with Gasteiger partial charge >= 0.3 is 0 Å². The first kappa shape index (κ1) is 38.2. The fraction of sp³-hybridized carbons (Fsp3) is 0.588. The third kappa shape index (κ3) is 17.2. The van der Waals surface area contributed by atoms with Gasteiger partial charge in [0.05, 0.1) is 6.61 Å². The molecule has 1 saturated heterocycles. The quantitative estimate of drug-likeness (QED) is 0.116. The standard InChI is InChI=1S/C34H54N2O7/c1-4-5-6-7-8-9-10-11-12-13-14-15-16-17-18-19-20-21-22-23-29(38)35-27(24-26(2)3)33(41)36-30-32(40)31(39)28(25-37)43-34(30)42/h5-6,8-9,11-12,14-15,17-18,20-21,26-28,30-32,34,37,39-40,42H,4,7,10,13,16,19,22-25H2,1-3H3,(H,35,38)(H,36,41)/t27-,28?,30?,31+,32-,34+/m0/s1. The largest absolute Gasteiger partial charge is 0.394 e. The van der Waals surface area contributed by atoms with E-state index in [0.717, 1.165) is 38.5 Å². The van der Waals surface area contributed by atoms with E-state index in [9.17, 15) is 30.0 Å². The first-order chi connectivity index (χ1) is 20.7. The van der Waals surface area contributed by atoms with Gasteiger partial charge in [-0.2, -0.15) is 0 Å². The zero-order valence-corrected chi connectivity index (χ0v) is 26.1. The number of allylic oxidation sites excluding steroid dienone is 12. The Balaban J connectivity index is 2.33. The lowest BCUT2D eigenvalue weighted by atomic mass is 9.96. The third-order valence-corrected chi connectivity index (χ3v) is 6.70. The number of ether oxygens (including phenoxy) is 1. The van der Waals surface area contributed by atoms with Crippen molar-refractivity contribution in [2.24, 2.45) is 5.92 Å². The molecule has 0 radical (unpaired) electrons. The smallest absolute Gasteiger partial charge is 0.243 e. The number of amides is 2. The van der Waals surface area contributed by atoms with E-state index in [1.807, 2.05) is 26.0 Å². The average molecular weight is 603 g/mol. The lowest BCUT2D eigenvalue weighted by molar-refractivity contribution is -0.254. The van der Waals surface area contributed by atoms with Gasteiger partial charge in [0.15, 0.2) is 6.29 Å². The van der Waals surface area contributed by atoms with Crippen molar-refractivity contribution in [3.05, 3.63) is 72.9 Å². The molecule has 0 aromatic rings. The van der Waals surface area contributed by atoms with Crippen molar-refractivity contribution in [3.63, 3.8) is 0 Å². The Morgan fingerprint density at radius 2 is 1.26 bits per heavy atom. The highest BCUT2D eigenvalue weighted by molar-refractivity contribution is 5.87. The maximum atomic E-state index is 12.9. The summed E-state index contributed by atoms with van der Waals surface area (Å²) in [5.74, 6) is -0.805. The number of carbonyl (C=O) groups is 2. The Morgan fingerprint density at radius 1 is 0.767 bits per heavy atom. The van der Waals surface area contributed by atoms with Crippen molar-refractivity contribution in [2.75, 3.05) is 6.61 Å². The van der Waals surface area contributed by atoms with E-state index in [1.165, 1.54) is 0 Å².